The fourth-order valence-corrected chi connectivity index (χ4v) is 3.76. The molecule has 2 unspecified atom stereocenters. The van der Waals surface area contributed by atoms with Crippen molar-refractivity contribution in [2.75, 3.05) is 11.9 Å². The number of fused-ring (bicyclic) bond motifs is 1. The minimum absolute atomic E-state index is 0.212. The third-order valence-corrected chi connectivity index (χ3v) is 4.65. The summed E-state index contributed by atoms with van der Waals surface area (Å²) in [5.74, 6) is 0. The molecule has 15 heavy (non-hydrogen) atoms. The van der Waals surface area contributed by atoms with Crippen molar-refractivity contribution in [3.05, 3.63) is 22.2 Å². The Kier molecular flexibility index (Phi) is 3.28. The van der Waals surface area contributed by atoms with Gasteiger partial charge in [0.05, 0.1) is 17.5 Å². The van der Waals surface area contributed by atoms with Crippen molar-refractivity contribution in [2.24, 2.45) is 0 Å². The number of halogens is 1. The van der Waals surface area contributed by atoms with E-state index in [1.54, 1.807) is 11.8 Å². The van der Waals surface area contributed by atoms with Gasteiger partial charge in [0.1, 0.15) is 0 Å². The van der Waals surface area contributed by atoms with E-state index < -0.39 is 0 Å². The maximum absolute atomic E-state index is 9.25. The smallest absolute Gasteiger partial charge is 0.0625 e. The van der Waals surface area contributed by atoms with E-state index in [-0.39, 0.29) is 11.9 Å². The van der Waals surface area contributed by atoms with Crippen molar-refractivity contribution >= 4 is 33.4 Å². The van der Waals surface area contributed by atoms with E-state index in [1.165, 1.54) is 10.5 Å². The zero-order valence-corrected chi connectivity index (χ0v) is 11.2. The predicted octanol–water partition coefficient (Wildman–Crippen LogP) is 3.02. The molecule has 2 nitrogen and oxygen atoms in total. The van der Waals surface area contributed by atoms with Crippen LogP contribution in [0.5, 0.6) is 0 Å². The quantitative estimate of drug-likeness (QED) is 0.833. The number of benzene rings is 1. The summed E-state index contributed by atoms with van der Waals surface area (Å²) < 4.78 is 1.10. The van der Waals surface area contributed by atoms with Gasteiger partial charge in [-0.15, -0.1) is 11.8 Å². The van der Waals surface area contributed by atoms with E-state index in [4.69, 9.17) is 0 Å². The molecule has 0 bridgehead atoms. The fourth-order valence-electron chi connectivity index (χ4n) is 1.72. The van der Waals surface area contributed by atoms with Crippen LogP contribution in [-0.4, -0.2) is 23.0 Å². The Morgan fingerprint density at radius 2 is 2.27 bits per heavy atom. The lowest BCUT2D eigenvalue weighted by Crippen LogP contribution is -2.34. The summed E-state index contributed by atoms with van der Waals surface area (Å²) in [6.07, 6.45) is 0. The van der Waals surface area contributed by atoms with Gasteiger partial charge in [-0.25, -0.2) is 0 Å². The number of thioether (sulfide) groups is 1. The highest BCUT2D eigenvalue weighted by Crippen LogP contribution is 2.42. The van der Waals surface area contributed by atoms with E-state index in [0.29, 0.717) is 6.04 Å². The maximum Gasteiger partial charge on any atom is 0.0625 e. The van der Waals surface area contributed by atoms with Gasteiger partial charge in [-0.3, -0.25) is 0 Å². The Hall–Kier alpha value is -0.190. The van der Waals surface area contributed by atoms with Crippen LogP contribution in [0.1, 0.15) is 12.5 Å². The van der Waals surface area contributed by atoms with E-state index in [0.717, 1.165) is 10.2 Å². The average molecular weight is 288 g/mol. The highest BCUT2D eigenvalue weighted by Gasteiger charge is 2.26. The van der Waals surface area contributed by atoms with Crippen LogP contribution in [0.3, 0.4) is 0 Å². The number of aliphatic hydroxyl groups is 1. The first kappa shape index (κ1) is 11.3. The van der Waals surface area contributed by atoms with Crippen LogP contribution in [-0.2, 0) is 0 Å². The number of anilines is 1. The fraction of sp³-hybridized carbons (Fsp3) is 0.455. The third kappa shape index (κ3) is 2.17. The van der Waals surface area contributed by atoms with Crippen molar-refractivity contribution in [1.82, 2.24) is 0 Å². The molecule has 2 N–H and O–H groups in total. The first-order valence-corrected chi connectivity index (χ1v) is 6.63. The first-order chi connectivity index (χ1) is 7.11. The van der Waals surface area contributed by atoms with Crippen molar-refractivity contribution in [3.63, 3.8) is 0 Å². The highest BCUT2D eigenvalue weighted by atomic mass is 79.9. The summed E-state index contributed by atoms with van der Waals surface area (Å²) in [6.45, 7) is 4.39. The molecule has 82 valence electrons. The lowest BCUT2D eigenvalue weighted by molar-refractivity contribution is 0.287. The van der Waals surface area contributed by atoms with Gasteiger partial charge in [-0.1, -0.05) is 0 Å². The second-order valence-electron chi connectivity index (χ2n) is 3.89. The van der Waals surface area contributed by atoms with Crippen LogP contribution >= 0.6 is 27.7 Å². The van der Waals surface area contributed by atoms with Gasteiger partial charge in [0.15, 0.2) is 0 Å². The van der Waals surface area contributed by atoms with E-state index in [9.17, 15) is 5.11 Å². The molecular formula is C11H14BrNOS. The summed E-state index contributed by atoms with van der Waals surface area (Å²) in [5.41, 5.74) is 2.39. The van der Waals surface area contributed by atoms with Crippen molar-refractivity contribution in [1.29, 1.82) is 0 Å². The van der Waals surface area contributed by atoms with Gasteiger partial charge in [-0.2, -0.15) is 0 Å². The molecule has 0 saturated carbocycles. The summed E-state index contributed by atoms with van der Waals surface area (Å²) in [6, 6.07) is 4.57. The molecule has 1 aromatic carbocycles. The summed E-state index contributed by atoms with van der Waals surface area (Å²) in [4.78, 5) is 1.22. The molecule has 2 rings (SSSR count). The topological polar surface area (TPSA) is 32.3 Å². The molecule has 1 aromatic rings. The molecule has 0 fully saturated rings. The molecular weight excluding hydrogens is 274 g/mol. The Morgan fingerprint density at radius 1 is 1.53 bits per heavy atom. The standard InChI is InChI=1S/C11H14BrNOS/c1-6-3-8(12)11-9(4-6)15-10(5-14)7(2)13-11/h3-4,7,10,13-14H,5H2,1-2H3. The van der Waals surface area contributed by atoms with E-state index in [2.05, 4.69) is 47.2 Å². The van der Waals surface area contributed by atoms with Gasteiger partial charge in [0.2, 0.25) is 0 Å². The van der Waals surface area contributed by atoms with E-state index >= 15 is 0 Å². The maximum atomic E-state index is 9.25. The minimum Gasteiger partial charge on any atom is -0.395 e. The number of hydrogen-bond acceptors (Lipinski definition) is 3. The molecule has 2 atom stereocenters. The van der Waals surface area contributed by atoms with Crippen molar-refractivity contribution in [3.8, 4) is 0 Å². The number of hydrogen-bond donors (Lipinski definition) is 2. The summed E-state index contributed by atoms with van der Waals surface area (Å²) >= 11 is 5.31. The van der Waals surface area contributed by atoms with E-state index in [1.807, 2.05) is 0 Å². The average Bonchev–Trinajstić information content (AvgIpc) is 2.18. The van der Waals surface area contributed by atoms with Gasteiger partial charge in [0.25, 0.3) is 0 Å². The van der Waals surface area contributed by atoms with Crippen LogP contribution in [0.4, 0.5) is 5.69 Å². The van der Waals surface area contributed by atoms with Crippen LogP contribution in [0.2, 0.25) is 0 Å². The SMILES string of the molecule is Cc1cc(Br)c2c(c1)SC(CO)C(C)N2. The molecule has 0 aliphatic carbocycles. The molecule has 1 heterocycles. The van der Waals surface area contributed by atoms with Gasteiger partial charge >= 0.3 is 0 Å². The van der Waals surface area contributed by atoms with Crippen LogP contribution in [0.15, 0.2) is 21.5 Å². The first-order valence-electron chi connectivity index (χ1n) is 4.96. The normalized spacial score (nSPS) is 24.5. The zero-order valence-electron chi connectivity index (χ0n) is 8.75. The number of aliphatic hydroxyl groups excluding tert-OH is 1. The summed E-state index contributed by atoms with van der Waals surface area (Å²) in [5, 5.41) is 12.9. The van der Waals surface area contributed by atoms with Crippen LogP contribution in [0.25, 0.3) is 0 Å². The molecule has 0 aromatic heterocycles. The lowest BCUT2D eigenvalue weighted by Gasteiger charge is -2.31. The Balaban J connectivity index is 2.40. The third-order valence-electron chi connectivity index (χ3n) is 2.59. The Morgan fingerprint density at radius 3 is 2.93 bits per heavy atom. The molecule has 0 saturated heterocycles. The molecule has 0 amide bonds. The van der Waals surface area contributed by atoms with Gasteiger partial charge in [0, 0.05) is 15.4 Å². The second-order valence-corrected chi connectivity index (χ2v) is 6.03. The van der Waals surface area contributed by atoms with Gasteiger partial charge < -0.3 is 10.4 Å². The largest absolute Gasteiger partial charge is 0.395 e. The highest BCUT2D eigenvalue weighted by molar-refractivity contribution is 9.10. The van der Waals surface area contributed by atoms with Crippen LogP contribution < -0.4 is 5.32 Å². The number of aryl methyl sites for hydroxylation is 1. The molecule has 1 aliphatic heterocycles. The second kappa shape index (κ2) is 4.36. The van der Waals surface area contributed by atoms with Crippen LogP contribution in [0, 0.1) is 6.92 Å². The predicted molar refractivity (Wildman–Crippen MR) is 68.7 cm³/mol. The molecule has 0 spiro atoms. The number of nitrogens with one attached hydrogen (secondary N) is 1. The van der Waals surface area contributed by atoms with Gasteiger partial charge in [-0.05, 0) is 47.5 Å². The summed E-state index contributed by atoms with van der Waals surface area (Å²) in [7, 11) is 0. The molecule has 0 radical (unpaired) electrons. The monoisotopic (exact) mass is 287 g/mol. The zero-order chi connectivity index (χ0) is 11.0. The molecule has 4 heteroatoms. The van der Waals surface area contributed by atoms with Crippen molar-refractivity contribution < 1.29 is 5.11 Å². The minimum atomic E-state index is 0.212. The Bertz CT molecular complexity index is 383. The van der Waals surface area contributed by atoms with Crippen molar-refractivity contribution in [2.45, 2.75) is 30.0 Å². The lowest BCUT2D eigenvalue weighted by atomic mass is 10.2. The number of rotatable bonds is 1. The molecule has 1 aliphatic rings. The Labute approximate surface area is 103 Å².